The van der Waals surface area contributed by atoms with Crippen molar-refractivity contribution in [2.75, 3.05) is 0 Å². The lowest BCUT2D eigenvalue weighted by Crippen LogP contribution is -2.42. The molecule has 1 atom stereocenters. The first-order valence-electron chi connectivity index (χ1n) is 7.32. The standard InChI is InChI=1S/C16H24N2O/c17-16(19)15(11-13-7-3-1-4-8-13)18-12-14-9-5-2-6-10-14/h2,5-6,9-10,13,15,18H,1,3-4,7-8,11-12H2,(H2,17,19). The van der Waals surface area contributed by atoms with Gasteiger partial charge in [-0.3, -0.25) is 4.79 Å². The minimum atomic E-state index is -0.221. The molecule has 1 saturated carbocycles. The van der Waals surface area contributed by atoms with E-state index < -0.39 is 0 Å². The van der Waals surface area contributed by atoms with Crippen LogP contribution in [0.3, 0.4) is 0 Å². The Morgan fingerprint density at radius 3 is 2.53 bits per heavy atom. The first-order valence-corrected chi connectivity index (χ1v) is 7.32. The van der Waals surface area contributed by atoms with Crippen LogP contribution in [0.1, 0.15) is 44.1 Å². The number of nitrogens with one attached hydrogen (secondary N) is 1. The molecule has 104 valence electrons. The van der Waals surface area contributed by atoms with Crippen molar-refractivity contribution in [3.8, 4) is 0 Å². The number of rotatable bonds is 6. The van der Waals surface area contributed by atoms with Crippen molar-refractivity contribution >= 4 is 5.91 Å². The summed E-state index contributed by atoms with van der Waals surface area (Å²) in [5.41, 5.74) is 6.71. The van der Waals surface area contributed by atoms with Crippen molar-refractivity contribution in [1.29, 1.82) is 0 Å². The Labute approximate surface area is 115 Å². The Bertz CT molecular complexity index is 385. The smallest absolute Gasteiger partial charge is 0.234 e. The second-order valence-corrected chi connectivity index (χ2v) is 5.56. The van der Waals surface area contributed by atoms with E-state index >= 15 is 0 Å². The van der Waals surface area contributed by atoms with Gasteiger partial charge in [-0.05, 0) is 17.9 Å². The van der Waals surface area contributed by atoms with E-state index in [2.05, 4.69) is 17.4 Å². The van der Waals surface area contributed by atoms with Crippen LogP contribution in [0.15, 0.2) is 30.3 Å². The second-order valence-electron chi connectivity index (χ2n) is 5.56. The first kappa shape index (κ1) is 14.1. The van der Waals surface area contributed by atoms with Gasteiger partial charge in [0.2, 0.25) is 5.91 Å². The molecular formula is C16H24N2O. The molecule has 1 aliphatic carbocycles. The molecule has 1 amide bonds. The molecule has 0 heterocycles. The van der Waals surface area contributed by atoms with Crippen LogP contribution in [0.25, 0.3) is 0 Å². The third-order valence-corrected chi connectivity index (χ3v) is 4.03. The summed E-state index contributed by atoms with van der Waals surface area (Å²) in [4.78, 5) is 11.6. The zero-order chi connectivity index (χ0) is 13.5. The first-order chi connectivity index (χ1) is 9.25. The van der Waals surface area contributed by atoms with Gasteiger partial charge in [0.15, 0.2) is 0 Å². The van der Waals surface area contributed by atoms with Crippen LogP contribution in [0.2, 0.25) is 0 Å². The SMILES string of the molecule is NC(=O)C(CC1CCCCC1)NCc1ccccc1. The fraction of sp³-hybridized carbons (Fsp3) is 0.562. The molecule has 19 heavy (non-hydrogen) atoms. The van der Waals surface area contributed by atoms with E-state index in [-0.39, 0.29) is 11.9 Å². The summed E-state index contributed by atoms with van der Waals surface area (Å²) < 4.78 is 0. The number of nitrogens with two attached hydrogens (primary N) is 1. The van der Waals surface area contributed by atoms with E-state index in [0.717, 1.165) is 6.42 Å². The average Bonchev–Trinajstić information content (AvgIpc) is 2.45. The normalized spacial score (nSPS) is 18.1. The van der Waals surface area contributed by atoms with E-state index in [0.29, 0.717) is 12.5 Å². The maximum Gasteiger partial charge on any atom is 0.234 e. The zero-order valence-electron chi connectivity index (χ0n) is 11.5. The number of hydrogen-bond acceptors (Lipinski definition) is 2. The molecular weight excluding hydrogens is 236 g/mol. The van der Waals surface area contributed by atoms with E-state index in [1.165, 1.54) is 37.7 Å². The molecule has 1 aromatic rings. The highest BCUT2D eigenvalue weighted by Gasteiger charge is 2.22. The highest BCUT2D eigenvalue weighted by molar-refractivity contribution is 5.79. The van der Waals surface area contributed by atoms with Crippen LogP contribution < -0.4 is 11.1 Å². The van der Waals surface area contributed by atoms with Gasteiger partial charge in [0.1, 0.15) is 0 Å². The zero-order valence-corrected chi connectivity index (χ0v) is 11.5. The monoisotopic (exact) mass is 260 g/mol. The van der Waals surface area contributed by atoms with Crippen molar-refractivity contribution in [2.45, 2.75) is 51.1 Å². The molecule has 3 nitrogen and oxygen atoms in total. The Hall–Kier alpha value is -1.35. The lowest BCUT2D eigenvalue weighted by molar-refractivity contribution is -0.120. The summed E-state index contributed by atoms with van der Waals surface area (Å²) in [7, 11) is 0. The summed E-state index contributed by atoms with van der Waals surface area (Å²) in [5.74, 6) is 0.441. The molecule has 2 rings (SSSR count). The van der Waals surface area contributed by atoms with Gasteiger partial charge in [0.25, 0.3) is 0 Å². The molecule has 0 spiro atoms. The summed E-state index contributed by atoms with van der Waals surface area (Å²) >= 11 is 0. The van der Waals surface area contributed by atoms with Gasteiger partial charge in [0, 0.05) is 6.54 Å². The number of primary amides is 1. The molecule has 3 heteroatoms. The van der Waals surface area contributed by atoms with Gasteiger partial charge >= 0.3 is 0 Å². The molecule has 3 N–H and O–H groups in total. The Balaban J connectivity index is 1.83. The van der Waals surface area contributed by atoms with E-state index in [4.69, 9.17) is 5.73 Å². The fourth-order valence-electron chi connectivity index (χ4n) is 2.89. The van der Waals surface area contributed by atoms with E-state index in [1.807, 2.05) is 18.2 Å². The molecule has 0 aliphatic heterocycles. The molecule has 0 saturated heterocycles. The molecule has 0 aromatic heterocycles. The quantitative estimate of drug-likeness (QED) is 0.826. The van der Waals surface area contributed by atoms with Crippen LogP contribution in [0, 0.1) is 5.92 Å². The predicted molar refractivity (Wildman–Crippen MR) is 77.5 cm³/mol. The highest BCUT2D eigenvalue weighted by atomic mass is 16.1. The molecule has 1 aromatic carbocycles. The van der Waals surface area contributed by atoms with Crippen LogP contribution in [0.4, 0.5) is 0 Å². The van der Waals surface area contributed by atoms with Gasteiger partial charge in [-0.2, -0.15) is 0 Å². The Morgan fingerprint density at radius 1 is 1.21 bits per heavy atom. The largest absolute Gasteiger partial charge is 0.368 e. The van der Waals surface area contributed by atoms with Crippen LogP contribution >= 0.6 is 0 Å². The predicted octanol–water partition coefficient (Wildman–Crippen LogP) is 2.60. The van der Waals surface area contributed by atoms with Gasteiger partial charge in [0.05, 0.1) is 6.04 Å². The van der Waals surface area contributed by atoms with E-state index in [1.54, 1.807) is 0 Å². The van der Waals surface area contributed by atoms with Crippen molar-refractivity contribution in [1.82, 2.24) is 5.32 Å². The fourth-order valence-corrected chi connectivity index (χ4v) is 2.89. The lowest BCUT2D eigenvalue weighted by atomic mass is 9.84. The molecule has 0 bridgehead atoms. The van der Waals surface area contributed by atoms with Crippen molar-refractivity contribution in [3.63, 3.8) is 0 Å². The minimum Gasteiger partial charge on any atom is -0.368 e. The summed E-state index contributed by atoms with van der Waals surface area (Å²) in [6, 6.07) is 9.95. The molecule has 1 fully saturated rings. The maximum atomic E-state index is 11.6. The summed E-state index contributed by atoms with van der Waals surface area (Å²) in [6.45, 7) is 0.709. The number of carbonyl (C=O) groups is 1. The topological polar surface area (TPSA) is 55.1 Å². The van der Waals surface area contributed by atoms with Gasteiger partial charge < -0.3 is 11.1 Å². The lowest BCUT2D eigenvalue weighted by Gasteiger charge is -2.25. The number of amides is 1. The van der Waals surface area contributed by atoms with Crippen LogP contribution in [-0.2, 0) is 11.3 Å². The van der Waals surface area contributed by atoms with Gasteiger partial charge in [-0.15, -0.1) is 0 Å². The van der Waals surface area contributed by atoms with Crippen molar-refractivity contribution in [3.05, 3.63) is 35.9 Å². The number of carbonyl (C=O) groups excluding carboxylic acids is 1. The molecule has 1 aliphatic rings. The number of hydrogen-bond donors (Lipinski definition) is 2. The van der Waals surface area contributed by atoms with Crippen molar-refractivity contribution in [2.24, 2.45) is 11.7 Å². The van der Waals surface area contributed by atoms with Gasteiger partial charge in [-0.25, -0.2) is 0 Å². The molecule has 0 radical (unpaired) electrons. The minimum absolute atomic E-state index is 0.191. The van der Waals surface area contributed by atoms with E-state index in [9.17, 15) is 4.79 Å². The average molecular weight is 260 g/mol. The summed E-state index contributed by atoms with van der Waals surface area (Å²) in [6.07, 6.45) is 7.33. The third-order valence-electron chi connectivity index (χ3n) is 4.03. The summed E-state index contributed by atoms with van der Waals surface area (Å²) in [5, 5.41) is 3.31. The third kappa shape index (κ3) is 4.67. The number of benzene rings is 1. The highest BCUT2D eigenvalue weighted by Crippen LogP contribution is 2.27. The molecule has 1 unspecified atom stereocenters. The Kier molecular flexibility index (Phi) is 5.40. The Morgan fingerprint density at radius 2 is 1.89 bits per heavy atom. The van der Waals surface area contributed by atoms with Crippen LogP contribution in [0.5, 0.6) is 0 Å². The van der Waals surface area contributed by atoms with Gasteiger partial charge in [-0.1, -0.05) is 62.4 Å². The van der Waals surface area contributed by atoms with Crippen LogP contribution in [-0.4, -0.2) is 11.9 Å². The second kappa shape index (κ2) is 7.29. The maximum absolute atomic E-state index is 11.6. The van der Waals surface area contributed by atoms with Crippen molar-refractivity contribution < 1.29 is 4.79 Å².